The van der Waals surface area contributed by atoms with E-state index in [1.54, 1.807) is 6.20 Å². The lowest BCUT2D eigenvalue weighted by Crippen LogP contribution is -2.43. The van der Waals surface area contributed by atoms with E-state index in [1.165, 1.54) is 6.07 Å². The molecule has 1 aromatic rings. The predicted molar refractivity (Wildman–Crippen MR) is 56.8 cm³/mol. The fourth-order valence-electron chi connectivity index (χ4n) is 1.69. The third-order valence-electron chi connectivity index (χ3n) is 2.56. The first-order valence-electron chi connectivity index (χ1n) is 4.80. The summed E-state index contributed by atoms with van der Waals surface area (Å²) in [6.07, 6.45) is 1.72. The van der Waals surface area contributed by atoms with Crippen molar-refractivity contribution in [2.45, 2.75) is 6.92 Å². The number of pyridine rings is 1. The number of aromatic nitrogens is 1. The Hall–Kier alpha value is -1.51. The molecule has 1 N–H and O–H groups in total. The Labute approximate surface area is 83.1 Å². The van der Waals surface area contributed by atoms with Gasteiger partial charge in [0.1, 0.15) is 0 Å². The van der Waals surface area contributed by atoms with Gasteiger partial charge in [0.2, 0.25) is 5.56 Å². The lowest BCUT2D eigenvalue weighted by molar-refractivity contribution is 0.192. The van der Waals surface area contributed by atoms with Crippen LogP contribution in [0, 0.1) is 5.92 Å². The van der Waals surface area contributed by atoms with Crippen molar-refractivity contribution in [1.82, 2.24) is 9.88 Å². The maximum Gasteiger partial charge on any atom is 0.247 e. The number of hydrogen-bond donors (Lipinski definition) is 1. The molecule has 3 heteroatoms. The highest BCUT2D eigenvalue weighted by molar-refractivity contribution is 5.61. The van der Waals surface area contributed by atoms with Gasteiger partial charge in [0.25, 0.3) is 0 Å². The Balaban J connectivity index is 2.12. The van der Waals surface area contributed by atoms with Crippen molar-refractivity contribution >= 4 is 5.70 Å². The molecule has 14 heavy (non-hydrogen) atoms. The molecule has 0 unspecified atom stereocenters. The smallest absolute Gasteiger partial charge is 0.247 e. The van der Waals surface area contributed by atoms with E-state index in [1.807, 2.05) is 6.07 Å². The van der Waals surface area contributed by atoms with Crippen LogP contribution in [0.4, 0.5) is 0 Å². The second-order valence-electron chi connectivity index (χ2n) is 3.90. The first kappa shape index (κ1) is 9.06. The van der Waals surface area contributed by atoms with Crippen LogP contribution in [0.25, 0.3) is 5.70 Å². The molecule has 1 saturated heterocycles. The van der Waals surface area contributed by atoms with Crippen LogP contribution >= 0.6 is 0 Å². The Kier molecular flexibility index (Phi) is 2.15. The maximum absolute atomic E-state index is 10.9. The Morgan fingerprint density at radius 1 is 1.57 bits per heavy atom. The Morgan fingerprint density at radius 3 is 2.79 bits per heavy atom. The standard InChI is InChI=1S/C11H14N2O/c1-8-6-13(7-8)9(2)10-3-4-11(14)12-5-10/h3-5,8H,2,6-7H2,1H3,(H,12,14). The first-order valence-corrected chi connectivity index (χ1v) is 4.80. The zero-order valence-corrected chi connectivity index (χ0v) is 8.29. The quantitative estimate of drug-likeness (QED) is 0.763. The number of likely N-dealkylation sites (tertiary alicyclic amines) is 1. The van der Waals surface area contributed by atoms with E-state index < -0.39 is 0 Å². The third kappa shape index (κ3) is 1.58. The van der Waals surface area contributed by atoms with Gasteiger partial charge in [0.05, 0.1) is 0 Å². The van der Waals surface area contributed by atoms with Gasteiger partial charge in [-0.25, -0.2) is 0 Å². The second kappa shape index (κ2) is 3.33. The highest BCUT2D eigenvalue weighted by Gasteiger charge is 2.23. The van der Waals surface area contributed by atoms with E-state index >= 15 is 0 Å². The predicted octanol–water partition coefficient (Wildman–Crippen LogP) is 1.30. The van der Waals surface area contributed by atoms with Gasteiger partial charge in [-0.3, -0.25) is 4.79 Å². The Bertz CT molecular complexity index is 381. The zero-order valence-electron chi connectivity index (χ0n) is 8.29. The molecule has 0 amide bonds. The SMILES string of the molecule is C=C(c1ccc(=O)[nH]c1)N1CC(C)C1. The molecule has 74 valence electrons. The van der Waals surface area contributed by atoms with E-state index in [-0.39, 0.29) is 5.56 Å². The van der Waals surface area contributed by atoms with Gasteiger partial charge >= 0.3 is 0 Å². The second-order valence-corrected chi connectivity index (χ2v) is 3.90. The van der Waals surface area contributed by atoms with E-state index in [4.69, 9.17) is 0 Å². The van der Waals surface area contributed by atoms with Crippen LogP contribution in [0.15, 0.2) is 29.7 Å². The van der Waals surface area contributed by atoms with Gasteiger partial charge in [-0.1, -0.05) is 13.5 Å². The molecule has 0 atom stereocenters. The number of H-pyrrole nitrogens is 1. The van der Waals surface area contributed by atoms with Gasteiger partial charge < -0.3 is 9.88 Å². The van der Waals surface area contributed by atoms with Gasteiger partial charge in [-0.2, -0.15) is 0 Å². The van der Waals surface area contributed by atoms with Crippen LogP contribution in [0.5, 0.6) is 0 Å². The lowest BCUT2D eigenvalue weighted by atomic mass is 10.0. The minimum Gasteiger partial charge on any atom is -0.371 e. The minimum absolute atomic E-state index is 0.0708. The molecule has 0 saturated carbocycles. The molecule has 0 aromatic carbocycles. The van der Waals surface area contributed by atoms with Crippen molar-refractivity contribution in [3.05, 3.63) is 40.8 Å². The highest BCUT2D eigenvalue weighted by atomic mass is 16.1. The van der Waals surface area contributed by atoms with Crippen LogP contribution in [-0.2, 0) is 0 Å². The number of rotatable bonds is 2. The molecule has 1 fully saturated rings. The largest absolute Gasteiger partial charge is 0.371 e. The summed E-state index contributed by atoms with van der Waals surface area (Å²) in [5.74, 6) is 0.759. The van der Waals surface area contributed by atoms with Crippen molar-refractivity contribution in [2.24, 2.45) is 5.92 Å². The van der Waals surface area contributed by atoms with Crippen LogP contribution < -0.4 is 5.56 Å². The van der Waals surface area contributed by atoms with Gasteiger partial charge in [0, 0.05) is 36.6 Å². The number of nitrogens with zero attached hydrogens (tertiary/aromatic N) is 1. The van der Waals surface area contributed by atoms with Gasteiger partial charge in [0.15, 0.2) is 0 Å². The molecule has 2 rings (SSSR count). The Morgan fingerprint density at radius 2 is 2.29 bits per heavy atom. The topological polar surface area (TPSA) is 36.1 Å². The molecule has 1 aliphatic rings. The van der Waals surface area contributed by atoms with Crippen molar-refractivity contribution < 1.29 is 0 Å². The molecule has 0 bridgehead atoms. The van der Waals surface area contributed by atoms with Crippen LogP contribution in [0.2, 0.25) is 0 Å². The summed E-state index contributed by atoms with van der Waals surface area (Å²) < 4.78 is 0. The van der Waals surface area contributed by atoms with Crippen molar-refractivity contribution in [2.75, 3.05) is 13.1 Å². The van der Waals surface area contributed by atoms with Crippen LogP contribution in [0.3, 0.4) is 0 Å². The minimum atomic E-state index is -0.0708. The van der Waals surface area contributed by atoms with Gasteiger partial charge in [-0.15, -0.1) is 0 Å². The van der Waals surface area contributed by atoms with Crippen molar-refractivity contribution in [3.8, 4) is 0 Å². The molecular formula is C11H14N2O. The molecule has 0 aliphatic carbocycles. The summed E-state index contributed by atoms with van der Waals surface area (Å²) in [5.41, 5.74) is 1.93. The van der Waals surface area contributed by atoms with E-state index in [2.05, 4.69) is 23.4 Å². The zero-order chi connectivity index (χ0) is 10.1. The molecule has 2 heterocycles. The monoisotopic (exact) mass is 190 g/mol. The highest BCUT2D eigenvalue weighted by Crippen LogP contribution is 2.24. The van der Waals surface area contributed by atoms with E-state index in [9.17, 15) is 4.79 Å². The number of aromatic amines is 1. The molecule has 0 spiro atoms. The van der Waals surface area contributed by atoms with E-state index in [0.717, 1.165) is 30.3 Å². The molecule has 1 aromatic heterocycles. The average molecular weight is 190 g/mol. The summed E-state index contributed by atoms with van der Waals surface area (Å²) in [7, 11) is 0. The average Bonchev–Trinajstić information content (AvgIpc) is 2.13. The van der Waals surface area contributed by atoms with Crippen molar-refractivity contribution in [3.63, 3.8) is 0 Å². The normalized spacial score (nSPS) is 16.5. The number of hydrogen-bond acceptors (Lipinski definition) is 2. The van der Waals surface area contributed by atoms with Gasteiger partial charge in [-0.05, 0) is 12.0 Å². The third-order valence-corrected chi connectivity index (χ3v) is 2.56. The van der Waals surface area contributed by atoms with Crippen molar-refractivity contribution in [1.29, 1.82) is 0 Å². The molecular weight excluding hydrogens is 176 g/mol. The van der Waals surface area contributed by atoms with Crippen LogP contribution in [0.1, 0.15) is 12.5 Å². The summed E-state index contributed by atoms with van der Waals surface area (Å²) in [6.45, 7) is 8.37. The number of nitrogens with one attached hydrogen (secondary N) is 1. The molecule has 1 aliphatic heterocycles. The lowest BCUT2D eigenvalue weighted by Gasteiger charge is -2.40. The summed E-state index contributed by atoms with van der Waals surface area (Å²) in [5, 5.41) is 0. The fraction of sp³-hybridized carbons (Fsp3) is 0.364. The summed E-state index contributed by atoms with van der Waals surface area (Å²) in [4.78, 5) is 15.7. The molecule has 0 radical (unpaired) electrons. The van der Waals surface area contributed by atoms with Crippen LogP contribution in [-0.4, -0.2) is 23.0 Å². The summed E-state index contributed by atoms with van der Waals surface area (Å²) in [6, 6.07) is 3.34. The fourth-order valence-corrected chi connectivity index (χ4v) is 1.69. The first-order chi connectivity index (χ1) is 6.66. The molecule has 3 nitrogen and oxygen atoms in total. The summed E-state index contributed by atoms with van der Waals surface area (Å²) >= 11 is 0. The van der Waals surface area contributed by atoms with E-state index in [0.29, 0.717) is 0 Å². The maximum atomic E-state index is 10.9.